The van der Waals surface area contributed by atoms with E-state index in [1.165, 1.54) is 17.8 Å². The van der Waals surface area contributed by atoms with Crippen LogP contribution in [0.1, 0.15) is 11.1 Å². The average molecular weight is 490 g/mol. The number of methoxy groups -OCH3 is 1. The number of anilines is 1. The number of hydrogen-bond acceptors (Lipinski definition) is 7. The Labute approximate surface area is 206 Å². The molecular formula is C25H23N5O4S. The Balaban J connectivity index is 1.65. The van der Waals surface area contributed by atoms with Gasteiger partial charge in [0, 0.05) is 11.8 Å². The highest BCUT2D eigenvalue weighted by atomic mass is 32.2. The van der Waals surface area contributed by atoms with E-state index in [2.05, 4.69) is 15.5 Å². The van der Waals surface area contributed by atoms with Crippen LogP contribution < -0.4 is 10.1 Å². The molecule has 4 rings (SSSR count). The molecule has 0 unspecified atom stereocenters. The highest BCUT2D eigenvalue weighted by Crippen LogP contribution is 2.34. The molecule has 0 saturated heterocycles. The summed E-state index contributed by atoms with van der Waals surface area (Å²) in [6.45, 7) is 3.71. The Hall–Kier alpha value is -4.18. The zero-order chi connectivity index (χ0) is 24.9. The van der Waals surface area contributed by atoms with Gasteiger partial charge in [-0.25, -0.2) is 0 Å². The first-order valence-corrected chi connectivity index (χ1v) is 11.7. The van der Waals surface area contributed by atoms with Crippen molar-refractivity contribution in [3.63, 3.8) is 0 Å². The van der Waals surface area contributed by atoms with E-state index in [1.807, 2.05) is 60.0 Å². The topological polar surface area (TPSA) is 112 Å². The van der Waals surface area contributed by atoms with Gasteiger partial charge in [-0.05, 0) is 43.7 Å². The summed E-state index contributed by atoms with van der Waals surface area (Å²) in [5.41, 5.74) is 3.35. The summed E-state index contributed by atoms with van der Waals surface area (Å²) < 4.78 is 7.38. The molecule has 0 aliphatic rings. The number of nitro groups is 1. The fourth-order valence-corrected chi connectivity index (χ4v) is 4.32. The maximum absolute atomic E-state index is 12.8. The van der Waals surface area contributed by atoms with Crippen LogP contribution in [0, 0.1) is 24.0 Å². The Morgan fingerprint density at radius 2 is 1.80 bits per heavy atom. The van der Waals surface area contributed by atoms with Crippen molar-refractivity contribution in [3.8, 4) is 22.8 Å². The van der Waals surface area contributed by atoms with Crippen LogP contribution >= 0.6 is 11.8 Å². The molecule has 0 bridgehead atoms. The number of carbonyl (C=O) groups excluding carboxylic acids is 1. The van der Waals surface area contributed by atoms with Crippen molar-refractivity contribution >= 4 is 29.0 Å². The quantitative estimate of drug-likeness (QED) is 0.206. The number of nitrogens with one attached hydrogen (secondary N) is 1. The first-order chi connectivity index (χ1) is 16.9. The maximum atomic E-state index is 12.8. The Morgan fingerprint density at radius 1 is 1.06 bits per heavy atom. The minimum Gasteiger partial charge on any atom is -0.496 e. The third-order valence-electron chi connectivity index (χ3n) is 5.32. The number of aryl methyl sites for hydroxylation is 2. The number of hydrogen-bond donors (Lipinski definition) is 1. The largest absolute Gasteiger partial charge is 0.496 e. The molecule has 0 aliphatic carbocycles. The second kappa shape index (κ2) is 10.4. The van der Waals surface area contributed by atoms with Crippen LogP contribution in [0.5, 0.6) is 5.75 Å². The van der Waals surface area contributed by atoms with E-state index in [0.717, 1.165) is 16.8 Å². The summed E-state index contributed by atoms with van der Waals surface area (Å²) in [4.78, 5) is 23.6. The van der Waals surface area contributed by atoms with Crippen LogP contribution in [-0.4, -0.2) is 38.5 Å². The molecule has 0 radical (unpaired) electrons. The fraction of sp³-hybridized carbons (Fsp3) is 0.160. The number of benzene rings is 3. The number of amides is 1. The number of aromatic nitrogens is 3. The lowest BCUT2D eigenvalue weighted by atomic mass is 10.1. The number of ether oxygens (including phenoxy) is 1. The number of carbonyl (C=O) groups is 1. The Morgan fingerprint density at radius 3 is 2.51 bits per heavy atom. The lowest BCUT2D eigenvalue weighted by molar-refractivity contribution is -0.384. The molecule has 0 atom stereocenters. The van der Waals surface area contributed by atoms with Gasteiger partial charge in [-0.1, -0.05) is 53.7 Å². The third-order valence-corrected chi connectivity index (χ3v) is 6.25. The molecule has 4 aromatic rings. The maximum Gasteiger partial charge on any atom is 0.293 e. The molecule has 1 N–H and O–H groups in total. The van der Waals surface area contributed by atoms with Gasteiger partial charge in [-0.2, -0.15) is 0 Å². The molecule has 10 heteroatoms. The number of rotatable bonds is 8. The zero-order valence-electron chi connectivity index (χ0n) is 19.4. The van der Waals surface area contributed by atoms with Gasteiger partial charge in [0.25, 0.3) is 5.69 Å². The van der Waals surface area contributed by atoms with Crippen molar-refractivity contribution in [1.82, 2.24) is 14.8 Å². The molecule has 9 nitrogen and oxygen atoms in total. The molecule has 1 heterocycles. The van der Waals surface area contributed by atoms with E-state index in [9.17, 15) is 14.9 Å². The number of para-hydroxylation sites is 2. The lowest BCUT2D eigenvalue weighted by Gasteiger charge is -2.13. The zero-order valence-corrected chi connectivity index (χ0v) is 20.2. The molecule has 0 aliphatic heterocycles. The van der Waals surface area contributed by atoms with Crippen LogP contribution in [0.25, 0.3) is 17.1 Å². The van der Waals surface area contributed by atoms with E-state index in [1.54, 1.807) is 26.2 Å². The van der Waals surface area contributed by atoms with Gasteiger partial charge in [0.1, 0.15) is 11.4 Å². The molecule has 1 aromatic heterocycles. The van der Waals surface area contributed by atoms with E-state index in [-0.39, 0.29) is 23.0 Å². The van der Waals surface area contributed by atoms with Crippen molar-refractivity contribution in [2.75, 3.05) is 18.2 Å². The minimum absolute atomic E-state index is 0.0125. The molecule has 3 aromatic carbocycles. The minimum atomic E-state index is -0.511. The van der Waals surface area contributed by atoms with Crippen molar-refractivity contribution in [3.05, 3.63) is 88.0 Å². The van der Waals surface area contributed by atoms with Gasteiger partial charge >= 0.3 is 0 Å². The second-order valence-electron chi connectivity index (χ2n) is 7.74. The normalized spacial score (nSPS) is 10.7. The first kappa shape index (κ1) is 24.0. The molecule has 0 spiro atoms. The first-order valence-electron chi connectivity index (χ1n) is 10.7. The summed E-state index contributed by atoms with van der Waals surface area (Å²) in [5, 5.41) is 23.3. The van der Waals surface area contributed by atoms with E-state index < -0.39 is 4.92 Å². The van der Waals surface area contributed by atoms with Gasteiger partial charge in [-0.15, -0.1) is 10.2 Å². The van der Waals surface area contributed by atoms with E-state index in [4.69, 9.17) is 4.74 Å². The predicted octanol–water partition coefficient (Wildman–Crippen LogP) is 5.20. The van der Waals surface area contributed by atoms with Crippen LogP contribution in [0.3, 0.4) is 0 Å². The van der Waals surface area contributed by atoms with E-state index in [0.29, 0.717) is 22.3 Å². The monoisotopic (exact) mass is 489 g/mol. The standard InChI is InChI=1S/C25H23N5O4S/c1-16-11-13-18(14-12-16)29-24(19-8-4-5-10-21(19)34-3)27-28-25(29)35-15-22(31)26-23-17(2)7-6-9-20(23)30(32)33/h4-14H,15H2,1-3H3,(H,26,31). The highest BCUT2D eigenvalue weighted by Gasteiger charge is 2.21. The van der Waals surface area contributed by atoms with Crippen LogP contribution in [0.2, 0.25) is 0 Å². The number of thioether (sulfide) groups is 1. The Kier molecular flexibility index (Phi) is 7.11. The van der Waals surface area contributed by atoms with Gasteiger partial charge in [0.15, 0.2) is 11.0 Å². The second-order valence-corrected chi connectivity index (χ2v) is 8.68. The molecule has 35 heavy (non-hydrogen) atoms. The summed E-state index contributed by atoms with van der Waals surface area (Å²) in [6.07, 6.45) is 0. The highest BCUT2D eigenvalue weighted by molar-refractivity contribution is 7.99. The average Bonchev–Trinajstić information content (AvgIpc) is 3.28. The van der Waals surface area contributed by atoms with Crippen LogP contribution in [-0.2, 0) is 4.79 Å². The van der Waals surface area contributed by atoms with Crippen LogP contribution in [0.15, 0.2) is 71.9 Å². The van der Waals surface area contributed by atoms with Gasteiger partial charge in [-0.3, -0.25) is 19.5 Å². The van der Waals surface area contributed by atoms with Crippen molar-refractivity contribution in [1.29, 1.82) is 0 Å². The summed E-state index contributed by atoms with van der Waals surface area (Å²) >= 11 is 1.19. The molecule has 1 amide bonds. The Bertz CT molecular complexity index is 1390. The summed E-state index contributed by atoms with van der Waals surface area (Å²) in [5.74, 6) is 0.823. The molecular weight excluding hydrogens is 466 g/mol. The molecule has 0 saturated carbocycles. The van der Waals surface area contributed by atoms with Crippen molar-refractivity contribution in [2.24, 2.45) is 0 Å². The molecule has 178 valence electrons. The summed E-state index contributed by atoms with van der Waals surface area (Å²) in [7, 11) is 1.59. The van der Waals surface area contributed by atoms with Crippen molar-refractivity contribution in [2.45, 2.75) is 19.0 Å². The smallest absolute Gasteiger partial charge is 0.293 e. The van der Waals surface area contributed by atoms with Crippen LogP contribution in [0.4, 0.5) is 11.4 Å². The summed E-state index contributed by atoms with van der Waals surface area (Å²) in [6, 6.07) is 20.1. The number of nitro benzene ring substituents is 1. The third kappa shape index (κ3) is 5.17. The van der Waals surface area contributed by atoms with Crippen molar-refractivity contribution < 1.29 is 14.5 Å². The number of nitrogens with zero attached hydrogens (tertiary/aromatic N) is 4. The van der Waals surface area contributed by atoms with Gasteiger partial charge in [0.2, 0.25) is 5.91 Å². The van der Waals surface area contributed by atoms with Gasteiger partial charge in [0.05, 0.1) is 23.3 Å². The fourth-order valence-electron chi connectivity index (χ4n) is 3.57. The van der Waals surface area contributed by atoms with E-state index >= 15 is 0 Å². The molecule has 0 fully saturated rings. The lowest BCUT2D eigenvalue weighted by Crippen LogP contribution is -2.16. The van der Waals surface area contributed by atoms with Gasteiger partial charge < -0.3 is 10.1 Å². The SMILES string of the molecule is COc1ccccc1-c1nnc(SCC(=O)Nc2c(C)cccc2[N+](=O)[O-])n1-c1ccc(C)cc1. The predicted molar refractivity (Wildman–Crippen MR) is 135 cm³/mol.